The number of rotatable bonds is 5. The van der Waals surface area contributed by atoms with Gasteiger partial charge >= 0.3 is 6.18 Å². The molecule has 0 aliphatic rings. The minimum Gasteiger partial charge on any atom is -0.312 e. The van der Waals surface area contributed by atoms with Crippen LogP contribution in [0.3, 0.4) is 0 Å². The molecule has 0 saturated heterocycles. The van der Waals surface area contributed by atoms with Crippen LogP contribution in [-0.2, 0) is 13.0 Å². The summed E-state index contributed by atoms with van der Waals surface area (Å²) in [7, 11) is 0. The Kier molecular flexibility index (Phi) is 4.60. The van der Waals surface area contributed by atoms with Crippen molar-refractivity contribution in [3.63, 3.8) is 0 Å². The SMILES string of the molecule is CCc1ccc(CNCCC(F)(F)F)s1. The van der Waals surface area contributed by atoms with Gasteiger partial charge in [0.05, 0.1) is 6.42 Å². The van der Waals surface area contributed by atoms with Crippen molar-refractivity contribution in [1.82, 2.24) is 5.32 Å². The predicted molar refractivity (Wildman–Crippen MR) is 56.1 cm³/mol. The number of aryl methyl sites for hydroxylation is 1. The molecule has 0 aliphatic heterocycles. The predicted octanol–water partition coefficient (Wildman–Crippen LogP) is 3.35. The van der Waals surface area contributed by atoms with Gasteiger partial charge in [0.25, 0.3) is 0 Å². The molecule has 0 atom stereocenters. The van der Waals surface area contributed by atoms with Gasteiger partial charge in [0.1, 0.15) is 0 Å². The fourth-order valence-corrected chi connectivity index (χ4v) is 2.08. The van der Waals surface area contributed by atoms with E-state index in [2.05, 4.69) is 12.2 Å². The summed E-state index contributed by atoms with van der Waals surface area (Å²) < 4.78 is 35.4. The zero-order valence-electron chi connectivity index (χ0n) is 8.53. The molecule has 15 heavy (non-hydrogen) atoms. The molecule has 1 N–H and O–H groups in total. The molecule has 1 aromatic rings. The Hall–Kier alpha value is -0.550. The van der Waals surface area contributed by atoms with E-state index in [-0.39, 0.29) is 6.54 Å². The first-order valence-corrected chi connectivity index (χ1v) is 5.68. The van der Waals surface area contributed by atoms with Crippen molar-refractivity contribution in [3.05, 3.63) is 21.9 Å². The summed E-state index contributed by atoms with van der Waals surface area (Å²) in [6, 6.07) is 3.98. The van der Waals surface area contributed by atoms with Crippen molar-refractivity contribution in [3.8, 4) is 0 Å². The van der Waals surface area contributed by atoms with Gasteiger partial charge in [-0.05, 0) is 18.6 Å². The van der Waals surface area contributed by atoms with Gasteiger partial charge in [-0.25, -0.2) is 0 Å². The van der Waals surface area contributed by atoms with Gasteiger partial charge in [-0.3, -0.25) is 0 Å². The summed E-state index contributed by atoms with van der Waals surface area (Å²) >= 11 is 1.65. The molecule has 0 spiro atoms. The smallest absolute Gasteiger partial charge is 0.312 e. The van der Waals surface area contributed by atoms with Crippen LogP contribution in [-0.4, -0.2) is 12.7 Å². The largest absolute Gasteiger partial charge is 0.390 e. The number of nitrogens with one attached hydrogen (secondary N) is 1. The Morgan fingerprint density at radius 2 is 1.93 bits per heavy atom. The van der Waals surface area contributed by atoms with Gasteiger partial charge in [0, 0.05) is 22.8 Å². The van der Waals surface area contributed by atoms with Gasteiger partial charge in [0.2, 0.25) is 0 Å². The topological polar surface area (TPSA) is 12.0 Å². The lowest BCUT2D eigenvalue weighted by Gasteiger charge is -2.06. The van der Waals surface area contributed by atoms with Crippen LogP contribution in [0.15, 0.2) is 12.1 Å². The van der Waals surface area contributed by atoms with Crippen LogP contribution in [0.4, 0.5) is 13.2 Å². The Morgan fingerprint density at radius 1 is 1.27 bits per heavy atom. The minimum atomic E-state index is -4.06. The van der Waals surface area contributed by atoms with E-state index in [0.29, 0.717) is 6.54 Å². The molecule has 0 aliphatic carbocycles. The lowest BCUT2D eigenvalue weighted by Crippen LogP contribution is -2.20. The van der Waals surface area contributed by atoms with Crippen LogP contribution in [0.2, 0.25) is 0 Å². The number of halogens is 3. The van der Waals surface area contributed by atoms with Crippen molar-refractivity contribution >= 4 is 11.3 Å². The third kappa shape index (κ3) is 5.18. The Morgan fingerprint density at radius 3 is 2.47 bits per heavy atom. The second-order valence-electron chi connectivity index (χ2n) is 3.26. The number of hydrogen-bond donors (Lipinski definition) is 1. The third-order valence-electron chi connectivity index (χ3n) is 1.95. The normalized spacial score (nSPS) is 12.0. The summed E-state index contributed by atoms with van der Waals surface area (Å²) in [5.41, 5.74) is 0. The molecule has 0 amide bonds. The summed E-state index contributed by atoms with van der Waals surface area (Å²) in [5.74, 6) is 0. The van der Waals surface area contributed by atoms with Gasteiger partial charge in [-0.2, -0.15) is 13.2 Å². The molecular weight excluding hydrogens is 223 g/mol. The first-order chi connectivity index (χ1) is 7.01. The maximum atomic E-state index is 11.8. The third-order valence-corrected chi connectivity index (χ3v) is 3.18. The van der Waals surface area contributed by atoms with E-state index >= 15 is 0 Å². The van der Waals surface area contributed by atoms with Gasteiger partial charge in [-0.15, -0.1) is 11.3 Å². The molecule has 0 bridgehead atoms. The van der Waals surface area contributed by atoms with Crippen LogP contribution in [0.5, 0.6) is 0 Å². The molecule has 1 nitrogen and oxygen atoms in total. The molecule has 0 fully saturated rings. The summed E-state index contributed by atoms with van der Waals surface area (Å²) in [6.07, 6.45) is -3.84. The van der Waals surface area contributed by atoms with Crippen LogP contribution < -0.4 is 5.32 Å². The molecule has 0 saturated carbocycles. The minimum absolute atomic E-state index is 0.0111. The van der Waals surface area contributed by atoms with Crippen molar-refractivity contribution in [2.45, 2.75) is 32.5 Å². The van der Waals surface area contributed by atoms with Crippen LogP contribution in [0.1, 0.15) is 23.1 Å². The van der Waals surface area contributed by atoms with Crippen molar-refractivity contribution in [2.75, 3.05) is 6.54 Å². The van der Waals surface area contributed by atoms with E-state index in [1.807, 2.05) is 12.1 Å². The highest BCUT2D eigenvalue weighted by atomic mass is 32.1. The van der Waals surface area contributed by atoms with Gasteiger partial charge < -0.3 is 5.32 Å². The van der Waals surface area contributed by atoms with Crippen LogP contribution >= 0.6 is 11.3 Å². The maximum Gasteiger partial charge on any atom is 0.390 e. The zero-order chi connectivity index (χ0) is 11.3. The zero-order valence-corrected chi connectivity index (χ0v) is 9.34. The number of alkyl halides is 3. The first kappa shape index (κ1) is 12.5. The summed E-state index contributed by atoms with van der Waals surface area (Å²) in [4.78, 5) is 2.36. The van der Waals surface area contributed by atoms with Crippen molar-refractivity contribution in [1.29, 1.82) is 0 Å². The molecule has 86 valence electrons. The second kappa shape index (κ2) is 5.51. The summed E-state index contributed by atoms with van der Waals surface area (Å²) in [5, 5.41) is 2.79. The first-order valence-electron chi connectivity index (χ1n) is 4.86. The van der Waals surface area contributed by atoms with Crippen LogP contribution in [0.25, 0.3) is 0 Å². The Labute approximate surface area is 91.3 Å². The van der Waals surface area contributed by atoms with Crippen molar-refractivity contribution < 1.29 is 13.2 Å². The van der Waals surface area contributed by atoms with E-state index in [1.165, 1.54) is 4.88 Å². The Balaban J connectivity index is 2.20. The van der Waals surface area contributed by atoms with Crippen molar-refractivity contribution in [2.24, 2.45) is 0 Å². The van der Waals surface area contributed by atoms with Gasteiger partial charge in [-0.1, -0.05) is 6.92 Å². The lowest BCUT2D eigenvalue weighted by atomic mass is 10.3. The highest BCUT2D eigenvalue weighted by Gasteiger charge is 2.25. The van der Waals surface area contributed by atoms with Crippen LogP contribution in [0, 0.1) is 0 Å². The molecule has 1 rings (SSSR count). The maximum absolute atomic E-state index is 11.8. The average molecular weight is 237 g/mol. The van der Waals surface area contributed by atoms with E-state index in [4.69, 9.17) is 0 Å². The fourth-order valence-electron chi connectivity index (χ4n) is 1.15. The Bertz CT molecular complexity index is 293. The van der Waals surface area contributed by atoms with E-state index in [1.54, 1.807) is 11.3 Å². The molecule has 1 aromatic heterocycles. The standard InChI is InChI=1S/C10H14F3NS/c1-2-8-3-4-9(15-8)7-14-6-5-10(11,12)13/h3-4,14H,2,5-7H2,1H3. The molecule has 0 aromatic carbocycles. The highest BCUT2D eigenvalue weighted by Crippen LogP contribution is 2.19. The molecular formula is C10H14F3NS. The highest BCUT2D eigenvalue weighted by molar-refractivity contribution is 7.11. The van der Waals surface area contributed by atoms with E-state index in [9.17, 15) is 13.2 Å². The second-order valence-corrected chi connectivity index (χ2v) is 4.52. The summed E-state index contributed by atoms with van der Waals surface area (Å²) in [6.45, 7) is 2.58. The number of thiophene rings is 1. The monoisotopic (exact) mass is 237 g/mol. The quantitative estimate of drug-likeness (QED) is 0.774. The number of hydrogen-bond acceptors (Lipinski definition) is 2. The molecule has 0 unspecified atom stereocenters. The lowest BCUT2D eigenvalue weighted by molar-refractivity contribution is -0.133. The fraction of sp³-hybridized carbons (Fsp3) is 0.600. The molecule has 1 heterocycles. The van der Waals surface area contributed by atoms with E-state index < -0.39 is 12.6 Å². The molecule has 5 heteroatoms. The van der Waals surface area contributed by atoms with Gasteiger partial charge in [0.15, 0.2) is 0 Å². The van der Waals surface area contributed by atoms with E-state index in [0.717, 1.165) is 11.3 Å². The molecule has 0 radical (unpaired) electrons. The average Bonchev–Trinajstić information content (AvgIpc) is 2.59.